The highest BCUT2D eigenvalue weighted by Gasteiger charge is 2.34. The Bertz CT molecular complexity index is 436. The fourth-order valence-electron chi connectivity index (χ4n) is 1.76. The largest absolute Gasteiger partial charge is 0.417 e. The highest BCUT2D eigenvalue weighted by molar-refractivity contribution is 6.31. The van der Waals surface area contributed by atoms with Crippen LogP contribution < -0.4 is 5.73 Å². The van der Waals surface area contributed by atoms with Gasteiger partial charge < -0.3 is 10.8 Å². The molecule has 1 rings (SSSR count). The lowest BCUT2D eigenvalue weighted by atomic mass is 9.91. The maximum atomic E-state index is 12.7. The van der Waals surface area contributed by atoms with Crippen LogP contribution in [0, 0.1) is 5.92 Å². The van der Waals surface area contributed by atoms with Gasteiger partial charge in [-0.3, -0.25) is 0 Å². The number of aliphatic hydroxyl groups excluding tert-OH is 1. The second-order valence-corrected chi connectivity index (χ2v) is 5.05. The summed E-state index contributed by atoms with van der Waals surface area (Å²) in [5.74, 6) is -0.0972. The Morgan fingerprint density at radius 3 is 2.42 bits per heavy atom. The van der Waals surface area contributed by atoms with E-state index in [2.05, 4.69) is 0 Å². The van der Waals surface area contributed by atoms with Gasteiger partial charge in [-0.2, -0.15) is 13.2 Å². The lowest BCUT2D eigenvalue weighted by Gasteiger charge is -2.25. The fourth-order valence-corrected chi connectivity index (χ4v) is 1.98. The number of hydrogen-bond donors (Lipinski definition) is 2. The quantitative estimate of drug-likeness (QED) is 0.888. The average Bonchev–Trinajstić information content (AvgIpc) is 2.35. The monoisotopic (exact) mass is 295 g/mol. The average molecular weight is 296 g/mol. The van der Waals surface area contributed by atoms with Gasteiger partial charge in [0.1, 0.15) is 0 Å². The van der Waals surface area contributed by atoms with E-state index < -0.39 is 23.9 Å². The summed E-state index contributed by atoms with van der Waals surface area (Å²) in [6, 6.07) is 2.60. The first-order valence-corrected chi connectivity index (χ1v) is 6.36. The molecule has 1 unspecified atom stereocenters. The van der Waals surface area contributed by atoms with Crippen LogP contribution in [0.25, 0.3) is 0 Å². The summed E-state index contributed by atoms with van der Waals surface area (Å²) in [5.41, 5.74) is 5.11. The van der Waals surface area contributed by atoms with Crippen molar-refractivity contribution >= 4 is 11.6 Å². The number of halogens is 4. The molecule has 0 spiro atoms. The highest BCUT2D eigenvalue weighted by atomic mass is 35.5. The smallest absolute Gasteiger partial charge is 0.391 e. The molecule has 0 heterocycles. The molecule has 0 fully saturated rings. The molecule has 2 nitrogen and oxygen atoms in total. The van der Waals surface area contributed by atoms with Gasteiger partial charge in [-0.25, -0.2) is 0 Å². The van der Waals surface area contributed by atoms with Crippen molar-refractivity contribution in [2.24, 2.45) is 11.7 Å². The first-order valence-electron chi connectivity index (χ1n) is 5.98. The van der Waals surface area contributed by atoms with Crippen molar-refractivity contribution < 1.29 is 18.3 Å². The number of hydrogen-bond acceptors (Lipinski definition) is 2. The zero-order valence-electron chi connectivity index (χ0n) is 10.7. The number of benzene rings is 1. The minimum Gasteiger partial charge on any atom is -0.391 e. The number of rotatable bonds is 4. The van der Waals surface area contributed by atoms with Gasteiger partial charge in [0.15, 0.2) is 0 Å². The van der Waals surface area contributed by atoms with E-state index in [9.17, 15) is 18.3 Å². The Morgan fingerprint density at radius 2 is 1.95 bits per heavy atom. The number of alkyl halides is 3. The van der Waals surface area contributed by atoms with Gasteiger partial charge in [0.2, 0.25) is 0 Å². The summed E-state index contributed by atoms with van der Waals surface area (Å²) in [7, 11) is 0. The van der Waals surface area contributed by atoms with E-state index in [0.717, 1.165) is 12.1 Å². The summed E-state index contributed by atoms with van der Waals surface area (Å²) in [6.45, 7) is 3.68. The third-order valence-electron chi connectivity index (χ3n) is 3.28. The summed E-state index contributed by atoms with van der Waals surface area (Å²) < 4.78 is 38.2. The Hall–Kier alpha value is -0.780. The van der Waals surface area contributed by atoms with Crippen LogP contribution >= 0.6 is 11.6 Å². The first-order chi connectivity index (χ1) is 8.68. The van der Waals surface area contributed by atoms with Crippen LogP contribution in [0.4, 0.5) is 13.2 Å². The second kappa shape index (κ2) is 6.11. The maximum absolute atomic E-state index is 12.7. The van der Waals surface area contributed by atoms with E-state index in [1.54, 1.807) is 6.92 Å². The Kier molecular flexibility index (Phi) is 5.24. The fraction of sp³-hybridized carbons (Fsp3) is 0.538. The standard InChI is InChI=1S/C13H17ClF3NO/c1-3-7(2)12(19)11(18)8-4-5-10(14)9(6-8)13(15,16)17/h4-7,11-12,19H,3,18H2,1-2H3/t7?,11-,12+/m0/s1. The second-order valence-electron chi connectivity index (χ2n) is 4.64. The molecule has 0 aromatic heterocycles. The molecule has 108 valence electrons. The Balaban J connectivity index is 3.09. The van der Waals surface area contributed by atoms with Gasteiger partial charge in [0.05, 0.1) is 22.7 Å². The normalized spacial score (nSPS) is 17.1. The van der Waals surface area contributed by atoms with Crippen molar-refractivity contribution in [1.29, 1.82) is 0 Å². The van der Waals surface area contributed by atoms with E-state index >= 15 is 0 Å². The zero-order chi connectivity index (χ0) is 14.8. The van der Waals surface area contributed by atoms with Gasteiger partial charge in [0, 0.05) is 0 Å². The summed E-state index contributed by atoms with van der Waals surface area (Å²) in [6.07, 6.45) is -4.74. The van der Waals surface area contributed by atoms with Gasteiger partial charge in [-0.1, -0.05) is 37.9 Å². The number of aliphatic hydroxyl groups is 1. The van der Waals surface area contributed by atoms with Crippen molar-refractivity contribution in [1.82, 2.24) is 0 Å². The molecule has 1 aromatic carbocycles. The molecule has 3 atom stereocenters. The molecule has 0 aliphatic heterocycles. The van der Waals surface area contributed by atoms with Gasteiger partial charge in [-0.05, 0) is 23.6 Å². The molecule has 1 aromatic rings. The van der Waals surface area contributed by atoms with Crippen LogP contribution in [0.5, 0.6) is 0 Å². The van der Waals surface area contributed by atoms with Crippen LogP contribution in [0.1, 0.15) is 37.4 Å². The van der Waals surface area contributed by atoms with Crippen molar-refractivity contribution in [2.45, 2.75) is 38.6 Å². The van der Waals surface area contributed by atoms with E-state index in [-0.39, 0.29) is 16.5 Å². The Morgan fingerprint density at radius 1 is 1.37 bits per heavy atom. The SMILES string of the molecule is CCC(C)[C@@H](O)[C@@H](N)c1ccc(Cl)c(C(F)(F)F)c1. The van der Waals surface area contributed by atoms with Crippen molar-refractivity contribution in [3.05, 3.63) is 34.3 Å². The van der Waals surface area contributed by atoms with Crippen LogP contribution in [-0.4, -0.2) is 11.2 Å². The van der Waals surface area contributed by atoms with Crippen molar-refractivity contribution in [3.63, 3.8) is 0 Å². The molecular formula is C13H17ClF3NO. The third kappa shape index (κ3) is 3.84. The van der Waals surface area contributed by atoms with Crippen LogP contribution in [0.15, 0.2) is 18.2 Å². The molecule has 6 heteroatoms. The molecule has 0 bridgehead atoms. The summed E-state index contributed by atoms with van der Waals surface area (Å²) in [4.78, 5) is 0. The zero-order valence-corrected chi connectivity index (χ0v) is 11.5. The van der Waals surface area contributed by atoms with Crippen LogP contribution in [-0.2, 0) is 6.18 Å². The summed E-state index contributed by atoms with van der Waals surface area (Å²) in [5, 5.41) is 9.59. The predicted octanol–water partition coefficient (Wildman–Crippen LogP) is 3.77. The van der Waals surface area contributed by atoms with Crippen molar-refractivity contribution in [2.75, 3.05) is 0 Å². The van der Waals surface area contributed by atoms with Crippen molar-refractivity contribution in [3.8, 4) is 0 Å². The lowest BCUT2D eigenvalue weighted by molar-refractivity contribution is -0.137. The topological polar surface area (TPSA) is 46.2 Å². The molecular weight excluding hydrogens is 279 g/mol. The van der Waals surface area contributed by atoms with E-state index in [1.165, 1.54) is 6.07 Å². The molecule has 19 heavy (non-hydrogen) atoms. The van der Waals surface area contributed by atoms with Gasteiger partial charge in [0.25, 0.3) is 0 Å². The lowest BCUT2D eigenvalue weighted by Crippen LogP contribution is -2.31. The predicted molar refractivity (Wildman–Crippen MR) is 68.8 cm³/mol. The first kappa shape index (κ1) is 16.3. The van der Waals surface area contributed by atoms with E-state index in [1.807, 2.05) is 6.92 Å². The number of nitrogens with two attached hydrogens (primary N) is 1. The highest BCUT2D eigenvalue weighted by Crippen LogP contribution is 2.36. The van der Waals surface area contributed by atoms with Crippen LogP contribution in [0.2, 0.25) is 5.02 Å². The van der Waals surface area contributed by atoms with E-state index in [0.29, 0.717) is 6.42 Å². The molecule has 0 aliphatic rings. The summed E-state index contributed by atoms with van der Waals surface area (Å²) >= 11 is 5.53. The minimum absolute atomic E-state index is 0.0972. The van der Waals surface area contributed by atoms with Crippen LogP contribution in [0.3, 0.4) is 0 Å². The van der Waals surface area contributed by atoms with Gasteiger partial charge in [-0.15, -0.1) is 0 Å². The molecule has 0 radical (unpaired) electrons. The molecule has 0 saturated carbocycles. The maximum Gasteiger partial charge on any atom is 0.417 e. The molecule has 0 saturated heterocycles. The third-order valence-corrected chi connectivity index (χ3v) is 3.61. The minimum atomic E-state index is -4.53. The van der Waals surface area contributed by atoms with E-state index in [4.69, 9.17) is 17.3 Å². The molecule has 0 amide bonds. The molecule has 3 N–H and O–H groups in total. The Labute approximate surface area is 115 Å². The molecule has 0 aliphatic carbocycles. The van der Waals surface area contributed by atoms with Gasteiger partial charge >= 0.3 is 6.18 Å².